The second-order valence-electron chi connectivity index (χ2n) is 5.72. The van der Waals surface area contributed by atoms with Crippen LogP contribution in [0.25, 0.3) is 0 Å². The highest BCUT2D eigenvalue weighted by atomic mass is 35.5. The van der Waals surface area contributed by atoms with Crippen molar-refractivity contribution in [3.8, 4) is 5.75 Å². The van der Waals surface area contributed by atoms with Crippen LogP contribution in [0.5, 0.6) is 5.75 Å². The molecule has 0 aromatic heterocycles. The maximum atomic E-state index is 12.3. The zero-order valence-electron chi connectivity index (χ0n) is 13.4. The average Bonchev–Trinajstić information content (AvgIpc) is 2.70. The van der Waals surface area contributed by atoms with Crippen molar-refractivity contribution in [2.75, 3.05) is 25.0 Å². The normalized spacial score (nSPS) is 15.7. The third kappa shape index (κ3) is 6.45. The smallest absolute Gasteiger partial charge is 0.422 e. The topological polar surface area (TPSA) is 58.6 Å². The van der Waals surface area contributed by atoms with Gasteiger partial charge in [-0.1, -0.05) is 18.0 Å². The van der Waals surface area contributed by atoms with Gasteiger partial charge < -0.3 is 15.0 Å². The Bertz CT molecular complexity index is 638. The van der Waals surface area contributed by atoms with Gasteiger partial charge in [0.15, 0.2) is 6.61 Å². The third-order valence-electron chi connectivity index (χ3n) is 3.61. The zero-order chi connectivity index (χ0) is 18.4. The number of alkyl halides is 3. The molecule has 1 fully saturated rings. The first-order chi connectivity index (χ1) is 11.7. The number of amides is 2. The molecule has 2 rings (SSSR count). The van der Waals surface area contributed by atoms with Gasteiger partial charge in [0, 0.05) is 18.0 Å². The predicted molar refractivity (Wildman–Crippen MR) is 86.7 cm³/mol. The highest BCUT2D eigenvalue weighted by Gasteiger charge is 2.29. The molecule has 2 amide bonds. The van der Waals surface area contributed by atoms with Gasteiger partial charge in [0.25, 0.3) is 0 Å². The lowest BCUT2D eigenvalue weighted by atomic mass is 10.2. The summed E-state index contributed by atoms with van der Waals surface area (Å²) in [6.45, 7) is -1.16. The number of halogens is 4. The van der Waals surface area contributed by atoms with Gasteiger partial charge in [0.2, 0.25) is 11.8 Å². The molecular weight excluding hydrogens is 361 g/mol. The molecule has 0 unspecified atom stereocenters. The number of anilines is 1. The summed E-state index contributed by atoms with van der Waals surface area (Å²) in [5.41, 5.74) is 0.0315. The van der Waals surface area contributed by atoms with Crippen LogP contribution < -0.4 is 10.1 Å². The Labute approximate surface area is 148 Å². The maximum Gasteiger partial charge on any atom is 0.422 e. The van der Waals surface area contributed by atoms with Gasteiger partial charge in [-0.15, -0.1) is 0 Å². The van der Waals surface area contributed by atoms with Gasteiger partial charge >= 0.3 is 6.18 Å². The van der Waals surface area contributed by atoms with E-state index in [0.717, 1.165) is 19.3 Å². The Kier molecular flexibility index (Phi) is 6.52. The average molecular weight is 379 g/mol. The minimum absolute atomic E-state index is 0.0315. The predicted octanol–water partition coefficient (Wildman–Crippen LogP) is 3.62. The van der Waals surface area contributed by atoms with E-state index in [2.05, 4.69) is 5.32 Å². The first-order valence-corrected chi connectivity index (χ1v) is 8.19. The molecule has 0 aliphatic carbocycles. The lowest BCUT2D eigenvalue weighted by molar-refractivity contribution is -0.153. The fourth-order valence-electron chi connectivity index (χ4n) is 2.45. The standard InChI is InChI=1S/C16H18ClF3N2O3/c17-11-5-6-13(25-10-16(18,19)20)12(8-11)21-14(23)9-22-7-3-1-2-4-15(22)24/h5-6,8H,1-4,7,9-10H2,(H,21,23). The maximum absolute atomic E-state index is 12.3. The number of carbonyl (C=O) groups is 2. The number of hydrogen-bond acceptors (Lipinski definition) is 3. The van der Waals surface area contributed by atoms with E-state index in [1.807, 2.05) is 0 Å². The molecule has 9 heteroatoms. The van der Waals surface area contributed by atoms with Crippen LogP contribution in [-0.4, -0.2) is 42.6 Å². The van der Waals surface area contributed by atoms with E-state index in [1.54, 1.807) is 0 Å². The van der Waals surface area contributed by atoms with Crippen molar-refractivity contribution in [2.24, 2.45) is 0 Å². The number of likely N-dealkylation sites (tertiary alicyclic amines) is 1. The molecule has 1 N–H and O–H groups in total. The first kappa shape index (κ1) is 19.4. The van der Waals surface area contributed by atoms with Gasteiger partial charge in [-0.3, -0.25) is 9.59 Å². The third-order valence-corrected chi connectivity index (χ3v) is 3.85. The number of ether oxygens (including phenoxy) is 1. The monoisotopic (exact) mass is 378 g/mol. The van der Waals surface area contributed by atoms with Crippen molar-refractivity contribution in [2.45, 2.75) is 31.9 Å². The molecule has 1 saturated heterocycles. The summed E-state index contributed by atoms with van der Waals surface area (Å²) in [4.78, 5) is 25.5. The SMILES string of the molecule is O=C(CN1CCCCCC1=O)Nc1cc(Cl)ccc1OCC(F)(F)F. The van der Waals surface area contributed by atoms with E-state index in [0.29, 0.717) is 13.0 Å². The molecule has 1 aromatic rings. The lowest BCUT2D eigenvalue weighted by Crippen LogP contribution is -2.37. The summed E-state index contributed by atoms with van der Waals surface area (Å²) in [5.74, 6) is -0.765. The van der Waals surface area contributed by atoms with Crippen molar-refractivity contribution >= 4 is 29.1 Å². The van der Waals surface area contributed by atoms with Gasteiger partial charge in [-0.2, -0.15) is 13.2 Å². The Morgan fingerprint density at radius 2 is 2.04 bits per heavy atom. The molecule has 1 heterocycles. The highest BCUT2D eigenvalue weighted by molar-refractivity contribution is 6.31. The molecule has 138 valence electrons. The lowest BCUT2D eigenvalue weighted by Gasteiger charge is -2.20. The second-order valence-corrected chi connectivity index (χ2v) is 6.15. The van der Waals surface area contributed by atoms with E-state index in [1.165, 1.54) is 23.1 Å². The molecule has 5 nitrogen and oxygen atoms in total. The molecular formula is C16H18ClF3N2O3. The minimum atomic E-state index is -4.50. The summed E-state index contributed by atoms with van der Waals surface area (Å²) in [6.07, 6.45) is -1.58. The molecule has 25 heavy (non-hydrogen) atoms. The van der Waals surface area contributed by atoms with Crippen LogP contribution in [0.2, 0.25) is 5.02 Å². The Morgan fingerprint density at radius 1 is 1.28 bits per heavy atom. The molecule has 0 radical (unpaired) electrons. The van der Waals surface area contributed by atoms with Crippen molar-refractivity contribution in [1.29, 1.82) is 0 Å². The molecule has 1 aliphatic rings. The molecule has 0 bridgehead atoms. The van der Waals surface area contributed by atoms with Gasteiger partial charge in [0.1, 0.15) is 5.75 Å². The van der Waals surface area contributed by atoms with Crippen molar-refractivity contribution in [1.82, 2.24) is 4.90 Å². The first-order valence-electron chi connectivity index (χ1n) is 7.81. The Morgan fingerprint density at radius 3 is 2.76 bits per heavy atom. The Hall–Kier alpha value is -1.96. The number of rotatable bonds is 5. The van der Waals surface area contributed by atoms with Crippen LogP contribution >= 0.6 is 11.6 Å². The summed E-state index contributed by atoms with van der Waals surface area (Å²) in [6, 6.07) is 3.91. The largest absolute Gasteiger partial charge is 0.482 e. The van der Waals surface area contributed by atoms with Crippen LogP contribution in [0.15, 0.2) is 18.2 Å². The second kappa shape index (κ2) is 8.42. The summed E-state index contributed by atoms with van der Waals surface area (Å²) in [7, 11) is 0. The van der Waals surface area contributed by atoms with E-state index in [-0.39, 0.29) is 28.9 Å². The van der Waals surface area contributed by atoms with Gasteiger partial charge in [-0.05, 0) is 31.0 Å². The number of carbonyl (C=O) groups excluding carboxylic acids is 2. The number of nitrogens with one attached hydrogen (secondary N) is 1. The summed E-state index contributed by atoms with van der Waals surface area (Å²) < 4.78 is 41.7. The van der Waals surface area contributed by atoms with Crippen molar-refractivity contribution in [3.05, 3.63) is 23.2 Å². The molecule has 1 aromatic carbocycles. The van der Waals surface area contributed by atoms with E-state index < -0.39 is 18.7 Å². The molecule has 0 spiro atoms. The van der Waals surface area contributed by atoms with E-state index in [4.69, 9.17) is 16.3 Å². The summed E-state index contributed by atoms with van der Waals surface area (Å²) in [5, 5.41) is 2.70. The van der Waals surface area contributed by atoms with E-state index >= 15 is 0 Å². The van der Waals surface area contributed by atoms with Gasteiger partial charge in [-0.25, -0.2) is 0 Å². The number of benzene rings is 1. The van der Waals surface area contributed by atoms with Crippen molar-refractivity contribution < 1.29 is 27.5 Å². The fourth-order valence-corrected chi connectivity index (χ4v) is 2.63. The van der Waals surface area contributed by atoms with Crippen LogP contribution in [0, 0.1) is 0 Å². The minimum Gasteiger partial charge on any atom is -0.482 e. The van der Waals surface area contributed by atoms with Crippen LogP contribution in [-0.2, 0) is 9.59 Å². The molecule has 0 saturated carbocycles. The van der Waals surface area contributed by atoms with Crippen LogP contribution in [0.4, 0.5) is 18.9 Å². The Balaban J connectivity index is 2.03. The fraction of sp³-hybridized carbons (Fsp3) is 0.500. The highest BCUT2D eigenvalue weighted by Crippen LogP contribution is 2.29. The number of hydrogen-bond donors (Lipinski definition) is 1. The van der Waals surface area contributed by atoms with Crippen LogP contribution in [0.1, 0.15) is 25.7 Å². The molecule has 0 atom stereocenters. The quantitative estimate of drug-likeness (QED) is 0.851. The van der Waals surface area contributed by atoms with Crippen molar-refractivity contribution in [3.63, 3.8) is 0 Å². The van der Waals surface area contributed by atoms with E-state index in [9.17, 15) is 22.8 Å². The zero-order valence-corrected chi connectivity index (χ0v) is 14.1. The number of nitrogens with zero attached hydrogens (tertiary/aromatic N) is 1. The molecule has 1 aliphatic heterocycles. The summed E-state index contributed by atoms with van der Waals surface area (Å²) >= 11 is 5.83. The van der Waals surface area contributed by atoms with Crippen LogP contribution in [0.3, 0.4) is 0 Å². The van der Waals surface area contributed by atoms with Gasteiger partial charge in [0.05, 0.1) is 12.2 Å².